The number of rotatable bonds is 3. The molecule has 0 atom stereocenters. The number of nitrogens with zero attached hydrogens (tertiary/aromatic N) is 1. The second kappa shape index (κ2) is 4.61. The molecule has 0 aliphatic rings. The molecular weight excluding hydrogens is 270 g/mol. The molecule has 16 heavy (non-hydrogen) atoms. The van der Waals surface area contributed by atoms with Crippen LogP contribution in [0.15, 0.2) is 39.4 Å². The third kappa shape index (κ3) is 2.58. The molecule has 3 nitrogen and oxygen atoms in total. The van der Waals surface area contributed by atoms with Gasteiger partial charge >= 0.3 is 0 Å². The summed E-state index contributed by atoms with van der Waals surface area (Å²) in [4.78, 5) is 15.0. The molecule has 0 aliphatic heterocycles. The van der Waals surface area contributed by atoms with Gasteiger partial charge in [0.05, 0.1) is 12.6 Å². The van der Waals surface area contributed by atoms with E-state index in [9.17, 15) is 4.79 Å². The number of carbonyl (C=O) groups is 1. The van der Waals surface area contributed by atoms with Crippen molar-refractivity contribution in [1.82, 2.24) is 4.98 Å². The Balaban J connectivity index is 2.24. The summed E-state index contributed by atoms with van der Waals surface area (Å²) in [5, 5.41) is 0. The molecule has 1 heterocycles. The largest absolute Gasteiger partial charge is 0.441 e. The van der Waals surface area contributed by atoms with Crippen LogP contribution < -0.4 is 0 Å². The molecule has 0 spiro atoms. The average Bonchev–Trinajstić information content (AvgIpc) is 2.66. The molecule has 0 fully saturated rings. The van der Waals surface area contributed by atoms with E-state index in [0.29, 0.717) is 18.1 Å². The van der Waals surface area contributed by atoms with Gasteiger partial charge in [0.2, 0.25) is 5.89 Å². The molecule has 1 aromatic heterocycles. The first-order chi connectivity index (χ1) is 7.65. The van der Waals surface area contributed by atoms with Crippen molar-refractivity contribution in [2.45, 2.75) is 13.3 Å². The van der Waals surface area contributed by atoms with E-state index in [2.05, 4.69) is 20.9 Å². The Labute approximate surface area is 102 Å². The minimum Gasteiger partial charge on any atom is -0.441 e. The van der Waals surface area contributed by atoms with Crippen LogP contribution in [0.25, 0.3) is 11.5 Å². The first-order valence-corrected chi connectivity index (χ1v) is 5.64. The SMILES string of the molecule is CC(=O)Cc1cnc(-c2ccc(Br)cc2)o1. The van der Waals surface area contributed by atoms with Crippen molar-refractivity contribution in [3.05, 3.63) is 40.7 Å². The van der Waals surface area contributed by atoms with E-state index in [1.807, 2.05) is 24.3 Å². The van der Waals surface area contributed by atoms with Crippen molar-refractivity contribution in [3.63, 3.8) is 0 Å². The fourth-order valence-corrected chi connectivity index (χ4v) is 1.62. The van der Waals surface area contributed by atoms with Crippen molar-refractivity contribution in [2.75, 3.05) is 0 Å². The lowest BCUT2D eigenvalue weighted by Crippen LogP contribution is -1.93. The van der Waals surface area contributed by atoms with Crippen LogP contribution in [0.2, 0.25) is 0 Å². The van der Waals surface area contributed by atoms with Gasteiger partial charge < -0.3 is 4.42 Å². The number of hydrogen-bond donors (Lipinski definition) is 0. The first-order valence-electron chi connectivity index (χ1n) is 4.85. The summed E-state index contributed by atoms with van der Waals surface area (Å²) in [6.07, 6.45) is 1.89. The summed E-state index contributed by atoms with van der Waals surface area (Å²) >= 11 is 3.36. The Kier molecular flexibility index (Phi) is 3.19. The zero-order valence-corrected chi connectivity index (χ0v) is 10.3. The standard InChI is InChI=1S/C12H10BrNO2/c1-8(15)6-11-7-14-12(16-11)9-2-4-10(13)5-3-9/h2-5,7H,6H2,1H3. The zero-order chi connectivity index (χ0) is 11.5. The Morgan fingerprint density at radius 1 is 1.38 bits per heavy atom. The van der Waals surface area contributed by atoms with Gasteiger partial charge in [-0.15, -0.1) is 0 Å². The fourth-order valence-electron chi connectivity index (χ4n) is 1.36. The van der Waals surface area contributed by atoms with Crippen molar-refractivity contribution in [3.8, 4) is 11.5 Å². The maximum atomic E-state index is 10.9. The van der Waals surface area contributed by atoms with Crippen LogP contribution in [0.1, 0.15) is 12.7 Å². The maximum absolute atomic E-state index is 10.9. The molecular formula is C12H10BrNO2. The van der Waals surface area contributed by atoms with E-state index in [-0.39, 0.29) is 5.78 Å². The van der Waals surface area contributed by atoms with Crippen molar-refractivity contribution in [2.24, 2.45) is 0 Å². The smallest absolute Gasteiger partial charge is 0.226 e. The van der Waals surface area contributed by atoms with E-state index in [1.165, 1.54) is 6.92 Å². The highest BCUT2D eigenvalue weighted by atomic mass is 79.9. The third-order valence-electron chi connectivity index (χ3n) is 2.07. The van der Waals surface area contributed by atoms with Gasteiger partial charge in [-0.05, 0) is 31.2 Å². The Hall–Kier alpha value is -1.42. The number of aromatic nitrogens is 1. The summed E-state index contributed by atoms with van der Waals surface area (Å²) in [7, 11) is 0. The molecule has 0 radical (unpaired) electrons. The minimum absolute atomic E-state index is 0.0681. The number of Topliss-reactive ketones (excluding diaryl/α,β-unsaturated/α-hetero) is 1. The van der Waals surface area contributed by atoms with Crippen LogP contribution in [0.5, 0.6) is 0 Å². The van der Waals surface area contributed by atoms with Crippen molar-refractivity contribution < 1.29 is 9.21 Å². The normalized spacial score (nSPS) is 10.4. The van der Waals surface area contributed by atoms with Gasteiger partial charge in [-0.1, -0.05) is 15.9 Å². The molecule has 0 bridgehead atoms. The van der Waals surface area contributed by atoms with E-state index in [4.69, 9.17) is 4.42 Å². The number of carbonyl (C=O) groups excluding carboxylic acids is 1. The number of hydrogen-bond acceptors (Lipinski definition) is 3. The van der Waals surface area contributed by atoms with Gasteiger partial charge in [-0.25, -0.2) is 4.98 Å². The van der Waals surface area contributed by atoms with Crippen LogP contribution >= 0.6 is 15.9 Å². The van der Waals surface area contributed by atoms with Crippen LogP contribution in [-0.2, 0) is 11.2 Å². The third-order valence-corrected chi connectivity index (χ3v) is 2.60. The van der Waals surface area contributed by atoms with Gasteiger partial charge in [0.1, 0.15) is 11.5 Å². The van der Waals surface area contributed by atoms with Crippen LogP contribution in [0.4, 0.5) is 0 Å². The second-order valence-corrected chi connectivity index (χ2v) is 4.43. The van der Waals surface area contributed by atoms with Crippen molar-refractivity contribution >= 4 is 21.7 Å². The number of benzene rings is 1. The Morgan fingerprint density at radius 3 is 2.69 bits per heavy atom. The summed E-state index contributed by atoms with van der Waals surface area (Å²) in [6.45, 7) is 1.53. The van der Waals surface area contributed by atoms with Gasteiger partial charge in [0.25, 0.3) is 0 Å². The highest BCUT2D eigenvalue weighted by Gasteiger charge is 2.07. The summed E-state index contributed by atoms with van der Waals surface area (Å²) in [6, 6.07) is 7.66. The zero-order valence-electron chi connectivity index (χ0n) is 8.74. The lowest BCUT2D eigenvalue weighted by atomic mass is 10.2. The quantitative estimate of drug-likeness (QED) is 0.866. The molecule has 0 unspecified atom stereocenters. The molecule has 0 saturated heterocycles. The molecule has 0 amide bonds. The minimum atomic E-state index is 0.0681. The second-order valence-electron chi connectivity index (χ2n) is 3.52. The number of halogens is 1. The predicted molar refractivity (Wildman–Crippen MR) is 64.0 cm³/mol. The summed E-state index contributed by atoms with van der Waals surface area (Å²) in [5.41, 5.74) is 0.901. The van der Waals surface area contributed by atoms with E-state index < -0.39 is 0 Å². The highest BCUT2D eigenvalue weighted by molar-refractivity contribution is 9.10. The van der Waals surface area contributed by atoms with E-state index in [1.54, 1.807) is 6.20 Å². The summed E-state index contributed by atoms with van der Waals surface area (Å²) in [5.74, 6) is 1.22. The van der Waals surface area contributed by atoms with Crippen LogP contribution in [0.3, 0.4) is 0 Å². The van der Waals surface area contributed by atoms with Gasteiger partial charge in [-0.3, -0.25) is 4.79 Å². The predicted octanol–water partition coefficient (Wildman–Crippen LogP) is 3.24. The maximum Gasteiger partial charge on any atom is 0.226 e. The van der Waals surface area contributed by atoms with E-state index in [0.717, 1.165) is 10.0 Å². The molecule has 4 heteroatoms. The summed E-state index contributed by atoms with van der Waals surface area (Å²) < 4.78 is 6.48. The van der Waals surface area contributed by atoms with Crippen molar-refractivity contribution in [1.29, 1.82) is 0 Å². The molecule has 82 valence electrons. The number of oxazole rings is 1. The topological polar surface area (TPSA) is 43.1 Å². The molecule has 2 rings (SSSR count). The highest BCUT2D eigenvalue weighted by Crippen LogP contribution is 2.21. The van der Waals surface area contributed by atoms with Gasteiger partial charge in [-0.2, -0.15) is 0 Å². The molecule has 1 aromatic carbocycles. The number of ketones is 1. The molecule has 0 saturated carbocycles. The van der Waals surface area contributed by atoms with Crippen LogP contribution in [-0.4, -0.2) is 10.8 Å². The van der Waals surface area contributed by atoms with Crippen LogP contribution in [0, 0.1) is 0 Å². The lowest BCUT2D eigenvalue weighted by Gasteiger charge is -1.95. The monoisotopic (exact) mass is 279 g/mol. The van der Waals surface area contributed by atoms with E-state index >= 15 is 0 Å². The Bertz CT molecular complexity index is 502. The lowest BCUT2D eigenvalue weighted by molar-refractivity contribution is -0.116. The molecule has 0 N–H and O–H groups in total. The fraction of sp³-hybridized carbons (Fsp3) is 0.167. The van der Waals surface area contributed by atoms with Gasteiger partial charge in [0, 0.05) is 10.0 Å². The molecule has 2 aromatic rings. The Morgan fingerprint density at radius 2 is 2.06 bits per heavy atom. The molecule has 0 aliphatic carbocycles. The average molecular weight is 280 g/mol. The van der Waals surface area contributed by atoms with Gasteiger partial charge in [0.15, 0.2) is 0 Å². The first kappa shape index (κ1) is 11.1.